The van der Waals surface area contributed by atoms with E-state index in [1.54, 1.807) is 23.0 Å². The lowest BCUT2D eigenvalue weighted by atomic mass is 10.1. The zero-order chi connectivity index (χ0) is 27.4. The maximum atomic E-state index is 16.0. The standard InChI is InChI=1S/C27H31FN8O2/c1-7-24(37)33-26-21(35(4)11-10-34(2)3)14-22(38-6)27(25(26)28)32-23-13-19(29-16-30-23)17-8-9-20-18(12-17)15-31-36(20)5/h7-9,12-16H,1,10-11H2,2-6H3,(H,33,37)(H,29,30,32). The average molecular weight is 519 g/mol. The normalized spacial score (nSPS) is 11.0. The number of hydrogen-bond donors (Lipinski definition) is 2. The molecule has 2 aromatic heterocycles. The second kappa shape index (κ2) is 11.3. The molecule has 4 rings (SSSR count). The van der Waals surface area contributed by atoms with Gasteiger partial charge in [0.1, 0.15) is 29.3 Å². The fourth-order valence-electron chi connectivity index (χ4n) is 3.99. The Balaban J connectivity index is 1.73. The summed E-state index contributed by atoms with van der Waals surface area (Å²) in [5.41, 5.74) is 3.01. The van der Waals surface area contributed by atoms with Crippen LogP contribution in [-0.4, -0.2) is 71.9 Å². The van der Waals surface area contributed by atoms with Crippen LogP contribution < -0.4 is 20.3 Å². The number of rotatable bonds is 10. The number of aromatic nitrogens is 4. The van der Waals surface area contributed by atoms with Crippen LogP contribution in [0.25, 0.3) is 22.2 Å². The molecule has 10 nitrogen and oxygen atoms in total. The van der Waals surface area contributed by atoms with Crippen molar-refractivity contribution in [2.24, 2.45) is 7.05 Å². The molecular formula is C27H31FN8O2. The molecule has 2 N–H and O–H groups in total. The summed E-state index contributed by atoms with van der Waals surface area (Å²) >= 11 is 0. The third kappa shape index (κ3) is 5.57. The number of amides is 1. The van der Waals surface area contributed by atoms with E-state index in [1.807, 2.05) is 56.2 Å². The molecule has 1 amide bonds. The minimum Gasteiger partial charge on any atom is -0.494 e. The third-order valence-corrected chi connectivity index (χ3v) is 6.12. The monoisotopic (exact) mass is 518 g/mol. The molecule has 198 valence electrons. The Morgan fingerprint density at radius 1 is 1.16 bits per heavy atom. The van der Waals surface area contributed by atoms with Gasteiger partial charge in [-0.2, -0.15) is 5.10 Å². The molecule has 4 aromatic rings. The molecule has 0 unspecified atom stereocenters. The van der Waals surface area contributed by atoms with Gasteiger partial charge in [0, 0.05) is 50.3 Å². The number of ether oxygens (including phenoxy) is 1. The zero-order valence-electron chi connectivity index (χ0n) is 22.1. The molecule has 0 radical (unpaired) electrons. The Morgan fingerprint density at radius 3 is 2.66 bits per heavy atom. The van der Waals surface area contributed by atoms with Crippen molar-refractivity contribution in [1.29, 1.82) is 0 Å². The number of nitrogens with one attached hydrogen (secondary N) is 2. The predicted octanol–water partition coefficient (Wildman–Crippen LogP) is 4.04. The number of fused-ring (bicyclic) bond motifs is 1. The first kappa shape index (κ1) is 26.6. The van der Waals surface area contributed by atoms with Crippen LogP contribution in [0.5, 0.6) is 5.75 Å². The highest BCUT2D eigenvalue weighted by Gasteiger charge is 2.23. The van der Waals surface area contributed by atoms with E-state index in [2.05, 4.69) is 32.3 Å². The van der Waals surface area contributed by atoms with E-state index in [-0.39, 0.29) is 17.1 Å². The van der Waals surface area contributed by atoms with Crippen LogP contribution in [-0.2, 0) is 11.8 Å². The SMILES string of the molecule is C=CC(=O)Nc1c(N(C)CCN(C)C)cc(OC)c(Nc2cc(-c3ccc4c(cnn4C)c3)ncn2)c1F. The number of methoxy groups -OCH3 is 1. The van der Waals surface area contributed by atoms with Gasteiger partial charge in [-0.25, -0.2) is 14.4 Å². The van der Waals surface area contributed by atoms with Gasteiger partial charge in [-0.15, -0.1) is 0 Å². The molecule has 0 fully saturated rings. The molecule has 0 spiro atoms. The minimum absolute atomic E-state index is 0.00997. The van der Waals surface area contributed by atoms with Crippen molar-refractivity contribution in [3.8, 4) is 17.0 Å². The summed E-state index contributed by atoms with van der Waals surface area (Å²) in [7, 11) is 9.07. The number of halogens is 1. The van der Waals surface area contributed by atoms with Gasteiger partial charge < -0.3 is 25.2 Å². The van der Waals surface area contributed by atoms with E-state index in [1.165, 1.54) is 13.4 Å². The number of benzene rings is 2. The number of anilines is 4. The van der Waals surface area contributed by atoms with E-state index in [4.69, 9.17) is 4.74 Å². The van der Waals surface area contributed by atoms with E-state index >= 15 is 4.39 Å². The van der Waals surface area contributed by atoms with Crippen LogP contribution in [0, 0.1) is 5.82 Å². The number of carbonyl (C=O) groups excluding carboxylic acids is 1. The van der Waals surface area contributed by atoms with Gasteiger partial charge in [-0.05, 0) is 32.3 Å². The van der Waals surface area contributed by atoms with Crippen molar-refractivity contribution in [2.45, 2.75) is 0 Å². The van der Waals surface area contributed by atoms with Gasteiger partial charge in [-0.3, -0.25) is 9.48 Å². The lowest BCUT2D eigenvalue weighted by Crippen LogP contribution is -2.29. The molecule has 2 heterocycles. The summed E-state index contributed by atoms with van der Waals surface area (Å²) in [5.74, 6) is -0.614. The second-order valence-corrected chi connectivity index (χ2v) is 9.04. The van der Waals surface area contributed by atoms with Crippen LogP contribution in [0.4, 0.5) is 27.3 Å². The maximum absolute atomic E-state index is 16.0. The van der Waals surface area contributed by atoms with Gasteiger partial charge in [-0.1, -0.05) is 12.6 Å². The highest BCUT2D eigenvalue weighted by atomic mass is 19.1. The Kier molecular flexibility index (Phi) is 7.87. The lowest BCUT2D eigenvalue weighted by molar-refractivity contribution is -0.111. The summed E-state index contributed by atoms with van der Waals surface area (Å²) in [5, 5.41) is 10.9. The van der Waals surface area contributed by atoms with Crippen LogP contribution in [0.3, 0.4) is 0 Å². The Hall–Kier alpha value is -4.51. The van der Waals surface area contributed by atoms with Crippen molar-refractivity contribution < 1.29 is 13.9 Å². The van der Waals surface area contributed by atoms with E-state index in [0.717, 1.165) is 29.1 Å². The molecular weight excluding hydrogens is 487 g/mol. The van der Waals surface area contributed by atoms with Crippen molar-refractivity contribution in [3.63, 3.8) is 0 Å². The van der Waals surface area contributed by atoms with Crippen molar-refractivity contribution in [2.75, 3.05) is 56.9 Å². The summed E-state index contributed by atoms with van der Waals surface area (Å²) in [6.07, 6.45) is 4.28. The van der Waals surface area contributed by atoms with Crippen LogP contribution in [0.2, 0.25) is 0 Å². The van der Waals surface area contributed by atoms with Crippen molar-refractivity contribution >= 4 is 39.7 Å². The van der Waals surface area contributed by atoms with Gasteiger partial charge in [0.25, 0.3) is 0 Å². The van der Waals surface area contributed by atoms with E-state index < -0.39 is 11.7 Å². The Labute approximate surface area is 220 Å². The second-order valence-electron chi connectivity index (χ2n) is 9.04. The lowest BCUT2D eigenvalue weighted by Gasteiger charge is -2.26. The Bertz CT molecular complexity index is 1480. The van der Waals surface area contributed by atoms with Gasteiger partial charge in [0.2, 0.25) is 5.91 Å². The number of nitrogens with zero attached hydrogens (tertiary/aromatic N) is 6. The number of likely N-dealkylation sites (N-methyl/N-ethyl adjacent to an activating group) is 2. The fourth-order valence-corrected chi connectivity index (χ4v) is 3.99. The van der Waals surface area contributed by atoms with Crippen molar-refractivity contribution in [1.82, 2.24) is 24.6 Å². The third-order valence-electron chi connectivity index (χ3n) is 6.12. The zero-order valence-corrected chi connectivity index (χ0v) is 22.1. The van der Waals surface area contributed by atoms with Gasteiger partial charge in [0.15, 0.2) is 5.82 Å². The molecule has 0 aliphatic carbocycles. The molecule has 38 heavy (non-hydrogen) atoms. The molecule has 0 saturated heterocycles. The Morgan fingerprint density at radius 2 is 1.95 bits per heavy atom. The number of aryl methyl sites for hydroxylation is 1. The number of carbonyl (C=O) groups is 1. The maximum Gasteiger partial charge on any atom is 0.247 e. The summed E-state index contributed by atoms with van der Waals surface area (Å²) in [4.78, 5) is 24.7. The first-order chi connectivity index (χ1) is 18.2. The summed E-state index contributed by atoms with van der Waals surface area (Å²) < 4.78 is 23.4. The molecule has 0 aliphatic rings. The van der Waals surface area contributed by atoms with Crippen LogP contribution in [0.15, 0.2) is 55.5 Å². The van der Waals surface area contributed by atoms with Crippen LogP contribution in [0.1, 0.15) is 0 Å². The van der Waals surface area contributed by atoms with E-state index in [0.29, 0.717) is 23.7 Å². The van der Waals surface area contributed by atoms with Gasteiger partial charge in [0.05, 0.1) is 30.2 Å². The highest BCUT2D eigenvalue weighted by Crippen LogP contribution is 2.41. The highest BCUT2D eigenvalue weighted by molar-refractivity contribution is 6.02. The molecule has 0 aliphatic heterocycles. The number of hydrogen-bond acceptors (Lipinski definition) is 8. The predicted molar refractivity (Wildman–Crippen MR) is 149 cm³/mol. The smallest absolute Gasteiger partial charge is 0.247 e. The summed E-state index contributed by atoms with van der Waals surface area (Å²) in [6, 6.07) is 9.29. The topological polar surface area (TPSA) is 100 Å². The fraction of sp³-hybridized carbons (Fsp3) is 0.259. The first-order valence-electron chi connectivity index (χ1n) is 11.9. The summed E-state index contributed by atoms with van der Waals surface area (Å²) in [6.45, 7) is 4.81. The minimum atomic E-state index is -0.691. The molecule has 0 saturated carbocycles. The van der Waals surface area contributed by atoms with Crippen molar-refractivity contribution in [3.05, 3.63) is 61.3 Å². The molecule has 0 atom stereocenters. The quantitative estimate of drug-likeness (QED) is 0.304. The molecule has 2 aromatic carbocycles. The van der Waals surface area contributed by atoms with Crippen LogP contribution >= 0.6 is 0 Å². The average Bonchev–Trinajstić information content (AvgIpc) is 3.29. The largest absolute Gasteiger partial charge is 0.494 e. The van der Waals surface area contributed by atoms with Gasteiger partial charge >= 0.3 is 0 Å². The first-order valence-corrected chi connectivity index (χ1v) is 11.9. The molecule has 0 bridgehead atoms. The van der Waals surface area contributed by atoms with E-state index in [9.17, 15) is 4.79 Å². The molecule has 11 heteroatoms.